The van der Waals surface area contributed by atoms with E-state index in [0.29, 0.717) is 5.92 Å². The zero-order chi connectivity index (χ0) is 17.4. The van der Waals surface area contributed by atoms with Gasteiger partial charge in [0, 0.05) is 12.5 Å². The molecule has 23 heavy (non-hydrogen) atoms. The number of ether oxygens (including phenoxy) is 1. The number of thioether (sulfide) groups is 1. The van der Waals surface area contributed by atoms with Gasteiger partial charge in [-0.1, -0.05) is 13.8 Å². The van der Waals surface area contributed by atoms with Crippen LogP contribution in [-0.4, -0.2) is 45.8 Å². The van der Waals surface area contributed by atoms with E-state index in [1.165, 1.54) is 0 Å². The highest BCUT2D eigenvalue weighted by atomic mass is 32.2. The smallest absolute Gasteiger partial charge is 0.250 e. The van der Waals surface area contributed by atoms with E-state index in [1.807, 2.05) is 25.7 Å². The number of aliphatic imine (C=N–C) groups is 1. The maximum absolute atomic E-state index is 12.7. The predicted octanol–water partition coefficient (Wildman–Crippen LogP) is 3.86. The van der Waals surface area contributed by atoms with Crippen LogP contribution in [-0.2, 0) is 9.53 Å². The lowest BCUT2D eigenvalue weighted by Gasteiger charge is -2.36. The van der Waals surface area contributed by atoms with E-state index in [4.69, 9.17) is 9.73 Å². The Kier molecular flexibility index (Phi) is 5.49. The molecule has 0 fully saturated rings. The van der Waals surface area contributed by atoms with Crippen molar-refractivity contribution >= 4 is 22.7 Å². The molecular weight excluding hydrogens is 308 g/mol. The number of carbonyl (C=O) groups is 1. The third kappa shape index (κ3) is 4.31. The molecule has 2 aliphatic heterocycles. The molecule has 0 aromatic carbocycles. The van der Waals surface area contributed by atoms with Crippen molar-refractivity contribution < 1.29 is 9.53 Å². The van der Waals surface area contributed by atoms with Crippen LogP contribution >= 0.6 is 11.8 Å². The number of nitrogens with zero attached hydrogens (tertiary/aromatic N) is 2. The van der Waals surface area contributed by atoms with Gasteiger partial charge in [0.15, 0.2) is 0 Å². The highest BCUT2D eigenvalue weighted by Crippen LogP contribution is 2.35. The first kappa shape index (κ1) is 18.4. The fourth-order valence-corrected chi connectivity index (χ4v) is 3.90. The van der Waals surface area contributed by atoms with E-state index >= 15 is 0 Å². The van der Waals surface area contributed by atoms with E-state index in [-0.39, 0.29) is 29.6 Å². The van der Waals surface area contributed by atoms with Crippen LogP contribution in [0.15, 0.2) is 16.8 Å². The van der Waals surface area contributed by atoms with Crippen LogP contribution in [0.5, 0.6) is 0 Å². The van der Waals surface area contributed by atoms with E-state index in [2.05, 4.69) is 27.0 Å². The van der Waals surface area contributed by atoms with Crippen LogP contribution in [0.4, 0.5) is 0 Å². The lowest BCUT2D eigenvalue weighted by Crippen LogP contribution is -2.47. The Hall–Kier alpha value is -0.970. The SMILES string of the molecule is CSC1=N[C@@H](C)[C@@H](N2C(=O)C=C(OC(C)(C)C)[C@@H]2CC(C)C)C1. The second kappa shape index (κ2) is 6.88. The Morgan fingerprint density at radius 2 is 2.09 bits per heavy atom. The van der Waals surface area contributed by atoms with Crippen LogP contribution in [0.2, 0.25) is 0 Å². The van der Waals surface area contributed by atoms with Crippen LogP contribution in [0.3, 0.4) is 0 Å². The summed E-state index contributed by atoms with van der Waals surface area (Å²) in [6.07, 6.45) is 5.53. The molecule has 0 aromatic rings. The van der Waals surface area contributed by atoms with Gasteiger partial charge >= 0.3 is 0 Å². The van der Waals surface area contributed by atoms with Crippen LogP contribution in [0.25, 0.3) is 0 Å². The topological polar surface area (TPSA) is 41.9 Å². The summed E-state index contributed by atoms with van der Waals surface area (Å²) in [6, 6.07) is 0.329. The summed E-state index contributed by atoms with van der Waals surface area (Å²) in [7, 11) is 0. The first-order valence-corrected chi connectivity index (χ1v) is 9.68. The first-order valence-electron chi connectivity index (χ1n) is 8.46. The molecule has 0 bridgehead atoms. The lowest BCUT2D eigenvalue weighted by atomic mass is 9.99. The average Bonchev–Trinajstić information content (AvgIpc) is 2.88. The van der Waals surface area contributed by atoms with Crippen molar-refractivity contribution in [3.8, 4) is 0 Å². The van der Waals surface area contributed by atoms with Crippen LogP contribution < -0.4 is 0 Å². The van der Waals surface area contributed by atoms with Gasteiger partial charge in [0.2, 0.25) is 0 Å². The Morgan fingerprint density at radius 3 is 2.57 bits per heavy atom. The monoisotopic (exact) mass is 338 g/mol. The molecule has 1 amide bonds. The molecule has 4 nitrogen and oxygen atoms in total. The Morgan fingerprint density at radius 1 is 1.43 bits per heavy atom. The van der Waals surface area contributed by atoms with Crippen molar-refractivity contribution in [3.63, 3.8) is 0 Å². The van der Waals surface area contributed by atoms with Gasteiger partial charge in [-0.3, -0.25) is 9.79 Å². The minimum absolute atomic E-state index is 0.0329. The minimum Gasteiger partial charge on any atom is -0.490 e. The van der Waals surface area contributed by atoms with Gasteiger partial charge in [0.25, 0.3) is 5.91 Å². The normalized spacial score (nSPS) is 28.4. The maximum atomic E-state index is 12.7. The minimum atomic E-state index is -0.292. The number of carbonyl (C=O) groups excluding carboxylic acids is 1. The number of hydrogen-bond acceptors (Lipinski definition) is 4. The standard InChI is InChI=1S/C18H30N2O2S/c1-11(2)8-14-15(22-18(4,5)6)10-17(21)20(14)13-9-16(23-7)19-12(13)3/h10-14H,8-9H2,1-7H3/t12-,13-,14-/m0/s1. The van der Waals surface area contributed by atoms with Crippen molar-refractivity contribution in [2.24, 2.45) is 10.9 Å². The van der Waals surface area contributed by atoms with Crippen molar-refractivity contribution in [2.45, 2.75) is 78.1 Å². The zero-order valence-electron chi connectivity index (χ0n) is 15.4. The summed E-state index contributed by atoms with van der Waals surface area (Å²) >= 11 is 1.69. The molecule has 2 aliphatic rings. The third-order valence-electron chi connectivity index (χ3n) is 4.18. The predicted molar refractivity (Wildman–Crippen MR) is 97.8 cm³/mol. The summed E-state index contributed by atoms with van der Waals surface area (Å²) in [4.78, 5) is 19.4. The number of rotatable bonds is 4. The van der Waals surface area contributed by atoms with E-state index in [0.717, 1.165) is 23.6 Å². The maximum Gasteiger partial charge on any atom is 0.250 e. The molecule has 0 spiro atoms. The van der Waals surface area contributed by atoms with Gasteiger partial charge < -0.3 is 9.64 Å². The van der Waals surface area contributed by atoms with Crippen molar-refractivity contribution in [2.75, 3.05) is 6.26 Å². The molecule has 130 valence electrons. The first-order chi connectivity index (χ1) is 10.6. The quantitative estimate of drug-likeness (QED) is 0.781. The highest BCUT2D eigenvalue weighted by Gasteiger charge is 2.43. The summed E-state index contributed by atoms with van der Waals surface area (Å²) < 4.78 is 6.12. The van der Waals surface area contributed by atoms with Gasteiger partial charge in [-0.05, 0) is 46.3 Å². The molecule has 0 radical (unpaired) electrons. The van der Waals surface area contributed by atoms with Crippen LogP contribution in [0, 0.1) is 5.92 Å². The van der Waals surface area contributed by atoms with Gasteiger partial charge in [0.1, 0.15) is 11.4 Å². The molecule has 5 heteroatoms. The largest absolute Gasteiger partial charge is 0.490 e. The van der Waals surface area contributed by atoms with Crippen LogP contribution in [0.1, 0.15) is 54.4 Å². The molecule has 0 N–H and O–H groups in total. The molecule has 0 saturated heterocycles. The third-order valence-corrected chi connectivity index (χ3v) is 4.93. The Balaban J connectivity index is 2.23. The average molecular weight is 339 g/mol. The van der Waals surface area contributed by atoms with E-state index in [1.54, 1.807) is 17.8 Å². The Bertz CT molecular complexity index is 520. The molecule has 0 aromatic heterocycles. The van der Waals surface area contributed by atoms with Gasteiger partial charge in [-0.2, -0.15) is 0 Å². The van der Waals surface area contributed by atoms with E-state index in [9.17, 15) is 4.79 Å². The molecular formula is C18H30N2O2S. The summed E-state index contributed by atoms with van der Waals surface area (Å²) in [5.74, 6) is 1.39. The van der Waals surface area contributed by atoms with E-state index < -0.39 is 0 Å². The number of amides is 1. The fourth-order valence-electron chi connectivity index (χ4n) is 3.29. The highest BCUT2D eigenvalue weighted by molar-refractivity contribution is 8.13. The molecule has 2 heterocycles. The lowest BCUT2D eigenvalue weighted by molar-refractivity contribution is -0.129. The van der Waals surface area contributed by atoms with Gasteiger partial charge in [-0.15, -0.1) is 11.8 Å². The number of hydrogen-bond donors (Lipinski definition) is 0. The second-order valence-corrected chi connectivity index (χ2v) is 8.77. The van der Waals surface area contributed by atoms with Crippen molar-refractivity contribution in [3.05, 3.63) is 11.8 Å². The molecule has 0 saturated carbocycles. The Labute approximate surface area is 144 Å². The molecule has 0 unspecified atom stereocenters. The molecule has 3 atom stereocenters. The van der Waals surface area contributed by atoms with Crippen molar-refractivity contribution in [1.82, 2.24) is 4.90 Å². The second-order valence-electron chi connectivity index (χ2n) is 7.89. The van der Waals surface area contributed by atoms with Gasteiger partial charge in [0.05, 0.1) is 23.2 Å². The zero-order valence-corrected chi connectivity index (χ0v) is 16.2. The summed E-state index contributed by atoms with van der Waals surface area (Å²) in [5.41, 5.74) is -0.292. The molecule has 2 rings (SSSR count). The van der Waals surface area contributed by atoms with Gasteiger partial charge in [-0.25, -0.2) is 0 Å². The van der Waals surface area contributed by atoms with Crippen molar-refractivity contribution in [1.29, 1.82) is 0 Å². The summed E-state index contributed by atoms with van der Waals surface area (Å²) in [5, 5.41) is 1.14. The fraction of sp³-hybridized carbons (Fsp3) is 0.778. The summed E-state index contributed by atoms with van der Waals surface area (Å²) in [6.45, 7) is 12.6. The molecule has 0 aliphatic carbocycles.